The minimum atomic E-state index is -0.379. The number of nitrogens with one attached hydrogen (secondary N) is 1. The van der Waals surface area contributed by atoms with E-state index in [0.29, 0.717) is 47.8 Å². The van der Waals surface area contributed by atoms with Crippen molar-refractivity contribution in [2.45, 2.75) is 25.8 Å². The van der Waals surface area contributed by atoms with Crippen LogP contribution >= 0.6 is 11.3 Å². The summed E-state index contributed by atoms with van der Waals surface area (Å²) in [6.45, 7) is 2.97. The topological polar surface area (TPSA) is 67.2 Å². The van der Waals surface area contributed by atoms with Crippen molar-refractivity contribution in [3.63, 3.8) is 0 Å². The number of thiophene rings is 1. The first-order valence-corrected chi connectivity index (χ1v) is 12.4. The van der Waals surface area contributed by atoms with Gasteiger partial charge in [-0.15, -0.1) is 11.3 Å². The Morgan fingerprint density at radius 3 is 2.31 bits per heavy atom. The molecule has 1 atom stereocenters. The van der Waals surface area contributed by atoms with Gasteiger partial charge in [0, 0.05) is 19.0 Å². The fraction of sp³-hybridized carbons (Fsp3) is 0.269. The molecule has 9 heteroatoms. The number of hydrogen-bond acceptors (Lipinski definition) is 5. The van der Waals surface area contributed by atoms with Crippen molar-refractivity contribution in [3.8, 4) is 5.69 Å². The van der Waals surface area contributed by atoms with Gasteiger partial charge in [0.2, 0.25) is 11.9 Å². The summed E-state index contributed by atoms with van der Waals surface area (Å²) in [4.78, 5) is 33.0. The Balaban J connectivity index is 1.35. The van der Waals surface area contributed by atoms with Crippen LogP contribution in [0.15, 0.2) is 64.8 Å². The van der Waals surface area contributed by atoms with Crippen molar-refractivity contribution < 1.29 is 13.6 Å². The van der Waals surface area contributed by atoms with Crippen LogP contribution in [0.2, 0.25) is 0 Å². The number of anilines is 1. The molecule has 0 saturated carbocycles. The summed E-state index contributed by atoms with van der Waals surface area (Å²) < 4.78 is 28.8. The Hall–Kier alpha value is -3.59. The molecule has 5 rings (SSSR count). The van der Waals surface area contributed by atoms with Gasteiger partial charge in [-0.1, -0.05) is 12.1 Å². The molecule has 0 unspecified atom stereocenters. The Morgan fingerprint density at radius 2 is 1.66 bits per heavy atom. The highest BCUT2D eigenvalue weighted by atomic mass is 32.1. The van der Waals surface area contributed by atoms with Crippen molar-refractivity contribution in [2.24, 2.45) is 5.92 Å². The van der Waals surface area contributed by atoms with Gasteiger partial charge >= 0.3 is 0 Å². The molecule has 1 aliphatic heterocycles. The second-order valence-corrected chi connectivity index (χ2v) is 9.62. The van der Waals surface area contributed by atoms with Gasteiger partial charge in [0.25, 0.3) is 5.56 Å². The molecule has 0 bridgehead atoms. The molecule has 0 spiro atoms. The third-order valence-electron chi connectivity index (χ3n) is 6.42. The molecule has 2 aromatic carbocycles. The summed E-state index contributed by atoms with van der Waals surface area (Å²) in [6.07, 6.45) is 1.20. The van der Waals surface area contributed by atoms with Gasteiger partial charge in [-0.05, 0) is 73.2 Å². The van der Waals surface area contributed by atoms with Crippen molar-refractivity contribution in [2.75, 3.05) is 18.0 Å². The monoisotopic (exact) mass is 494 g/mol. The van der Waals surface area contributed by atoms with Gasteiger partial charge in [0.05, 0.1) is 17.2 Å². The molecular weight excluding hydrogens is 470 g/mol. The number of amides is 1. The van der Waals surface area contributed by atoms with E-state index in [1.54, 1.807) is 24.3 Å². The highest BCUT2D eigenvalue weighted by molar-refractivity contribution is 7.17. The van der Waals surface area contributed by atoms with E-state index < -0.39 is 0 Å². The van der Waals surface area contributed by atoms with Crippen molar-refractivity contribution in [1.29, 1.82) is 0 Å². The van der Waals surface area contributed by atoms with E-state index in [4.69, 9.17) is 4.98 Å². The number of rotatable bonds is 5. The molecule has 1 amide bonds. The van der Waals surface area contributed by atoms with Crippen LogP contribution in [0.3, 0.4) is 0 Å². The zero-order valence-corrected chi connectivity index (χ0v) is 19.9. The SMILES string of the molecule is C[C@@H](NC(=O)C1CCN(c2nc3ccsc3c(=O)n2-c2ccc(F)cc2)CC1)c1ccc(F)cc1. The summed E-state index contributed by atoms with van der Waals surface area (Å²) in [5.41, 5.74) is 1.82. The predicted molar refractivity (Wildman–Crippen MR) is 133 cm³/mol. The molecule has 1 fully saturated rings. The average Bonchev–Trinajstić information content (AvgIpc) is 3.34. The van der Waals surface area contributed by atoms with Crippen LogP contribution in [0, 0.1) is 17.6 Å². The van der Waals surface area contributed by atoms with Crippen molar-refractivity contribution in [1.82, 2.24) is 14.9 Å². The summed E-state index contributed by atoms with van der Waals surface area (Å²) in [5, 5.41) is 4.86. The summed E-state index contributed by atoms with van der Waals surface area (Å²) in [6, 6.07) is 13.5. The van der Waals surface area contributed by atoms with Crippen LogP contribution in [0.25, 0.3) is 15.9 Å². The van der Waals surface area contributed by atoms with Crippen LogP contribution in [0.4, 0.5) is 14.7 Å². The fourth-order valence-corrected chi connectivity index (χ4v) is 5.20. The highest BCUT2D eigenvalue weighted by Crippen LogP contribution is 2.27. The maximum absolute atomic E-state index is 13.5. The van der Waals surface area contributed by atoms with E-state index in [2.05, 4.69) is 5.32 Å². The average molecular weight is 495 g/mol. The summed E-state index contributed by atoms with van der Waals surface area (Å²) in [5.74, 6) is -0.419. The molecule has 1 saturated heterocycles. The molecule has 6 nitrogen and oxygen atoms in total. The van der Waals surface area contributed by atoms with Crippen LogP contribution in [-0.4, -0.2) is 28.5 Å². The van der Waals surface area contributed by atoms with E-state index in [1.807, 2.05) is 23.3 Å². The van der Waals surface area contributed by atoms with E-state index >= 15 is 0 Å². The molecule has 0 aliphatic carbocycles. The van der Waals surface area contributed by atoms with E-state index in [-0.39, 0.29) is 35.1 Å². The number of piperidine rings is 1. The molecule has 180 valence electrons. The number of halogens is 2. The van der Waals surface area contributed by atoms with Gasteiger partial charge in [0.15, 0.2) is 0 Å². The number of hydrogen-bond donors (Lipinski definition) is 1. The molecule has 35 heavy (non-hydrogen) atoms. The number of carbonyl (C=O) groups is 1. The van der Waals surface area contributed by atoms with Gasteiger partial charge in [-0.3, -0.25) is 9.59 Å². The lowest BCUT2D eigenvalue weighted by atomic mass is 9.95. The van der Waals surface area contributed by atoms with E-state index in [1.165, 1.54) is 40.2 Å². The normalized spacial score (nSPS) is 15.3. The zero-order chi connectivity index (χ0) is 24.5. The lowest BCUT2D eigenvalue weighted by Gasteiger charge is -2.33. The van der Waals surface area contributed by atoms with Gasteiger partial charge < -0.3 is 10.2 Å². The summed E-state index contributed by atoms with van der Waals surface area (Å²) >= 11 is 1.33. The minimum Gasteiger partial charge on any atom is -0.349 e. The Labute approximate surface area is 204 Å². The zero-order valence-electron chi connectivity index (χ0n) is 19.1. The molecule has 1 N–H and O–H groups in total. The maximum Gasteiger partial charge on any atom is 0.277 e. The number of benzene rings is 2. The molecule has 1 aliphatic rings. The van der Waals surface area contributed by atoms with Gasteiger partial charge in [-0.25, -0.2) is 18.3 Å². The van der Waals surface area contributed by atoms with Crippen LogP contribution in [-0.2, 0) is 4.79 Å². The summed E-state index contributed by atoms with van der Waals surface area (Å²) in [7, 11) is 0. The fourth-order valence-electron chi connectivity index (χ4n) is 4.44. The third kappa shape index (κ3) is 4.68. The first kappa shape index (κ1) is 23.2. The molecule has 3 heterocycles. The number of aromatic nitrogens is 2. The van der Waals surface area contributed by atoms with Crippen molar-refractivity contribution in [3.05, 3.63) is 87.5 Å². The second kappa shape index (κ2) is 9.58. The van der Waals surface area contributed by atoms with Crippen LogP contribution in [0.1, 0.15) is 31.4 Å². The lowest BCUT2D eigenvalue weighted by molar-refractivity contribution is -0.126. The third-order valence-corrected chi connectivity index (χ3v) is 7.32. The van der Waals surface area contributed by atoms with Gasteiger partial charge in [-0.2, -0.15) is 0 Å². The van der Waals surface area contributed by atoms with Crippen LogP contribution in [0.5, 0.6) is 0 Å². The standard InChI is InChI=1S/C26H24F2N4O2S/c1-16(17-2-4-19(27)5-3-17)29-24(33)18-10-13-31(14-11-18)26-30-22-12-15-35-23(22)25(34)32(26)21-8-6-20(28)7-9-21/h2-9,12,15-16,18H,10-11,13-14H2,1H3,(H,29,33)/t16-/m1/s1. The molecule has 0 radical (unpaired) electrons. The quantitative estimate of drug-likeness (QED) is 0.432. The highest BCUT2D eigenvalue weighted by Gasteiger charge is 2.29. The van der Waals surface area contributed by atoms with Gasteiger partial charge in [0.1, 0.15) is 16.3 Å². The molecule has 2 aromatic heterocycles. The van der Waals surface area contributed by atoms with Crippen LogP contribution < -0.4 is 15.8 Å². The van der Waals surface area contributed by atoms with E-state index in [9.17, 15) is 18.4 Å². The second-order valence-electron chi connectivity index (χ2n) is 8.71. The smallest absolute Gasteiger partial charge is 0.277 e. The first-order chi connectivity index (χ1) is 16.9. The largest absolute Gasteiger partial charge is 0.349 e. The Morgan fingerprint density at radius 1 is 1.03 bits per heavy atom. The molecule has 4 aromatic rings. The Bertz CT molecular complexity index is 1410. The lowest BCUT2D eigenvalue weighted by Crippen LogP contribution is -2.43. The maximum atomic E-state index is 13.5. The number of carbonyl (C=O) groups excluding carboxylic acids is 1. The van der Waals surface area contributed by atoms with E-state index in [0.717, 1.165) is 5.56 Å². The first-order valence-electron chi connectivity index (χ1n) is 11.5. The molecular formula is C26H24F2N4O2S. The minimum absolute atomic E-state index is 0.0429. The Kier molecular flexibility index (Phi) is 6.34. The van der Waals surface area contributed by atoms with Crippen molar-refractivity contribution >= 4 is 33.4 Å². The predicted octanol–water partition coefficient (Wildman–Crippen LogP) is 4.82. The number of nitrogens with zero attached hydrogens (tertiary/aromatic N) is 3. The number of fused-ring (bicyclic) bond motifs is 1.